The summed E-state index contributed by atoms with van der Waals surface area (Å²) in [5, 5.41) is 2.80. The molecule has 1 fully saturated rings. The minimum absolute atomic E-state index is 0.174. The lowest BCUT2D eigenvalue weighted by molar-refractivity contribution is -0.263. The van der Waals surface area contributed by atoms with Crippen molar-refractivity contribution in [2.75, 3.05) is 13.2 Å². The number of carbonyl (C=O) groups excluding carboxylic acids is 1. The van der Waals surface area contributed by atoms with E-state index in [2.05, 4.69) is 21.2 Å². The number of hydrogen-bond acceptors (Lipinski definition) is 4. The van der Waals surface area contributed by atoms with Gasteiger partial charge in [-0.1, -0.05) is 34.1 Å². The summed E-state index contributed by atoms with van der Waals surface area (Å²) >= 11 is 3.23. The average molecular weight is 430 g/mol. The maximum absolute atomic E-state index is 14.1. The Morgan fingerprint density at radius 3 is 2.46 bits per heavy atom. The lowest BCUT2D eigenvalue weighted by atomic mass is 9.98. The molecule has 0 unspecified atom stereocenters. The zero-order valence-corrected chi connectivity index (χ0v) is 17.3. The molecule has 5 nitrogen and oxygen atoms in total. The fraction of sp³-hybridized carbons (Fsp3) is 0.526. The molecule has 0 saturated carbocycles. The molecule has 1 aromatic rings. The highest BCUT2D eigenvalue weighted by molar-refractivity contribution is 9.10. The van der Waals surface area contributed by atoms with Crippen molar-refractivity contribution >= 4 is 28.1 Å². The van der Waals surface area contributed by atoms with Crippen molar-refractivity contribution < 1.29 is 23.4 Å². The van der Waals surface area contributed by atoms with Gasteiger partial charge in [0.05, 0.1) is 13.2 Å². The normalized spacial score (nSPS) is 19.3. The van der Waals surface area contributed by atoms with Crippen LogP contribution >= 0.6 is 15.9 Å². The third-order valence-electron chi connectivity index (χ3n) is 3.65. The fourth-order valence-electron chi connectivity index (χ4n) is 2.29. The minimum Gasteiger partial charge on any atom is -0.444 e. The van der Waals surface area contributed by atoms with Crippen LogP contribution < -0.4 is 5.32 Å². The molecule has 144 valence electrons. The van der Waals surface area contributed by atoms with Crippen LogP contribution in [0.5, 0.6) is 0 Å². The summed E-state index contributed by atoms with van der Waals surface area (Å²) in [4.78, 5) is 12.3. The molecule has 0 radical (unpaired) electrons. The first-order valence-electron chi connectivity index (χ1n) is 8.33. The lowest BCUT2D eigenvalue weighted by Crippen LogP contribution is -2.60. The molecule has 0 aliphatic carbocycles. The number of benzene rings is 1. The number of rotatable bonds is 3. The quantitative estimate of drug-likeness (QED) is 0.759. The topological polar surface area (TPSA) is 56.8 Å². The Balaban J connectivity index is 2.23. The van der Waals surface area contributed by atoms with Gasteiger partial charge in [0.15, 0.2) is 5.79 Å². The molecular formula is C19H25BrFNO4. The summed E-state index contributed by atoms with van der Waals surface area (Å²) in [6, 6.07) is 4.77. The first kappa shape index (κ1) is 20.9. The SMILES string of the molecule is CC(C)(C)OC(=O)NC1(C=Cc2ccc(Br)cc2F)COC(C)(C)OC1. The Labute approximate surface area is 162 Å². The summed E-state index contributed by atoms with van der Waals surface area (Å²) in [6.07, 6.45) is 2.69. The van der Waals surface area contributed by atoms with E-state index in [1.165, 1.54) is 6.07 Å². The maximum atomic E-state index is 14.1. The molecule has 1 amide bonds. The van der Waals surface area contributed by atoms with Gasteiger partial charge in [-0.05, 0) is 46.8 Å². The Morgan fingerprint density at radius 1 is 1.31 bits per heavy atom. The molecule has 0 atom stereocenters. The van der Waals surface area contributed by atoms with Gasteiger partial charge < -0.3 is 19.5 Å². The fourth-order valence-corrected chi connectivity index (χ4v) is 2.62. The molecular weight excluding hydrogens is 405 g/mol. The molecule has 0 spiro atoms. The van der Waals surface area contributed by atoms with E-state index in [0.717, 1.165) is 0 Å². The molecule has 1 N–H and O–H groups in total. The van der Waals surface area contributed by atoms with E-state index in [-0.39, 0.29) is 19.0 Å². The molecule has 1 heterocycles. The van der Waals surface area contributed by atoms with Crippen LogP contribution in [0.1, 0.15) is 40.2 Å². The Hall–Kier alpha value is -1.44. The Bertz CT molecular complexity index is 687. The van der Waals surface area contributed by atoms with Crippen molar-refractivity contribution in [3.63, 3.8) is 0 Å². The number of halogens is 2. The zero-order chi connectivity index (χ0) is 19.6. The minimum atomic E-state index is -0.961. The van der Waals surface area contributed by atoms with Crippen LogP contribution in [0, 0.1) is 5.82 Å². The van der Waals surface area contributed by atoms with Crippen LogP contribution in [0.3, 0.4) is 0 Å². The van der Waals surface area contributed by atoms with Crippen molar-refractivity contribution in [2.45, 2.75) is 51.5 Å². The van der Waals surface area contributed by atoms with Crippen LogP contribution in [0.4, 0.5) is 9.18 Å². The van der Waals surface area contributed by atoms with E-state index in [9.17, 15) is 9.18 Å². The molecule has 0 bridgehead atoms. The molecule has 0 aromatic heterocycles. The summed E-state index contributed by atoms with van der Waals surface area (Å²) < 4.78 is 31.5. The molecule has 1 aliphatic rings. The van der Waals surface area contributed by atoms with Gasteiger partial charge in [0, 0.05) is 10.0 Å². The second-order valence-electron chi connectivity index (χ2n) is 7.76. The van der Waals surface area contributed by atoms with Crippen LogP contribution in [-0.2, 0) is 14.2 Å². The van der Waals surface area contributed by atoms with Crippen molar-refractivity contribution in [1.82, 2.24) is 5.32 Å². The number of carbonyl (C=O) groups is 1. The maximum Gasteiger partial charge on any atom is 0.408 e. The van der Waals surface area contributed by atoms with E-state index in [0.29, 0.717) is 10.0 Å². The van der Waals surface area contributed by atoms with Gasteiger partial charge in [0.1, 0.15) is 17.0 Å². The highest BCUT2D eigenvalue weighted by atomic mass is 79.9. The monoisotopic (exact) mass is 429 g/mol. The lowest BCUT2D eigenvalue weighted by Gasteiger charge is -2.42. The van der Waals surface area contributed by atoms with Gasteiger partial charge in [-0.3, -0.25) is 0 Å². The average Bonchev–Trinajstić information content (AvgIpc) is 2.47. The zero-order valence-electron chi connectivity index (χ0n) is 15.7. The van der Waals surface area contributed by atoms with Gasteiger partial charge in [-0.2, -0.15) is 0 Å². The van der Waals surface area contributed by atoms with Gasteiger partial charge in [-0.25, -0.2) is 9.18 Å². The highest BCUT2D eigenvalue weighted by Gasteiger charge is 2.40. The van der Waals surface area contributed by atoms with Crippen molar-refractivity contribution in [3.05, 3.63) is 40.1 Å². The summed E-state index contributed by atoms with van der Waals surface area (Å²) in [5.74, 6) is -1.13. The standard InChI is InChI=1S/C19H25BrFNO4/c1-17(2,3)26-16(23)22-19(11-24-18(4,5)25-12-19)9-8-13-6-7-14(20)10-15(13)21/h6-10H,11-12H2,1-5H3,(H,22,23). The van der Waals surface area contributed by atoms with Crippen molar-refractivity contribution in [2.24, 2.45) is 0 Å². The first-order valence-corrected chi connectivity index (χ1v) is 9.12. The van der Waals surface area contributed by atoms with E-state index in [1.807, 2.05) is 0 Å². The molecule has 1 aromatic carbocycles. The summed E-state index contributed by atoms with van der Waals surface area (Å²) in [7, 11) is 0. The Kier molecular flexibility index (Phi) is 6.15. The van der Waals surface area contributed by atoms with E-state index in [4.69, 9.17) is 14.2 Å². The molecule has 1 aliphatic heterocycles. The molecule has 7 heteroatoms. The highest BCUT2D eigenvalue weighted by Crippen LogP contribution is 2.26. The second kappa shape index (κ2) is 7.66. The number of ether oxygens (including phenoxy) is 3. The van der Waals surface area contributed by atoms with Gasteiger partial charge in [-0.15, -0.1) is 0 Å². The van der Waals surface area contributed by atoms with Crippen LogP contribution in [-0.4, -0.2) is 36.2 Å². The molecule has 26 heavy (non-hydrogen) atoms. The van der Waals surface area contributed by atoms with Crippen molar-refractivity contribution in [1.29, 1.82) is 0 Å². The third kappa shape index (κ3) is 6.07. The van der Waals surface area contributed by atoms with Crippen LogP contribution in [0.25, 0.3) is 6.08 Å². The van der Waals surface area contributed by atoms with Crippen molar-refractivity contribution in [3.8, 4) is 0 Å². The van der Waals surface area contributed by atoms with Crippen LogP contribution in [0.2, 0.25) is 0 Å². The number of nitrogens with one attached hydrogen (secondary N) is 1. The van der Waals surface area contributed by atoms with Gasteiger partial charge >= 0.3 is 6.09 Å². The Morgan fingerprint density at radius 2 is 1.92 bits per heavy atom. The number of alkyl carbamates (subject to hydrolysis) is 1. The van der Waals surface area contributed by atoms with Gasteiger partial charge in [0.25, 0.3) is 0 Å². The summed E-state index contributed by atoms with van der Waals surface area (Å²) in [5.41, 5.74) is -1.21. The smallest absolute Gasteiger partial charge is 0.408 e. The largest absolute Gasteiger partial charge is 0.444 e. The second-order valence-corrected chi connectivity index (χ2v) is 8.68. The van der Waals surface area contributed by atoms with Crippen LogP contribution in [0.15, 0.2) is 28.7 Å². The molecule has 2 rings (SSSR count). The summed E-state index contributed by atoms with van der Waals surface area (Å²) in [6.45, 7) is 9.28. The van der Waals surface area contributed by atoms with Gasteiger partial charge in [0.2, 0.25) is 0 Å². The predicted octanol–water partition coefficient (Wildman–Crippen LogP) is 4.65. The van der Waals surface area contributed by atoms with E-state index in [1.54, 1.807) is 58.9 Å². The first-order chi connectivity index (χ1) is 11.9. The number of amides is 1. The third-order valence-corrected chi connectivity index (χ3v) is 4.14. The van der Waals surface area contributed by atoms with E-state index >= 15 is 0 Å². The predicted molar refractivity (Wildman–Crippen MR) is 101 cm³/mol. The number of hydrogen-bond donors (Lipinski definition) is 1. The molecule has 1 saturated heterocycles. The van der Waals surface area contributed by atoms with E-state index < -0.39 is 23.0 Å².